The first kappa shape index (κ1) is 15.5. The molecule has 0 heterocycles. The van der Waals surface area contributed by atoms with Crippen molar-refractivity contribution in [2.75, 3.05) is 12.0 Å². The molecule has 1 amide bonds. The predicted octanol–water partition coefficient (Wildman–Crippen LogP) is 2.55. The fourth-order valence-electron chi connectivity index (χ4n) is 2.25. The van der Waals surface area contributed by atoms with Crippen LogP contribution in [0.4, 0.5) is 11.4 Å². The molecule has 1 saturated carbocycles. The van der Waals surface area contributed by atoms with Gasteiger partial charge in [0.15, 0.2) is 0 Å². The van der Waals surface area contributed by atoms with E-state index in [-0.39, 0.29) is 33.9 Å². The number of carbonyl (C=O) groups is 1. The van der Waals surface area contributed by atoms with Gasteiger partial charge in [-0.3, -0.25) is 20.8 Å². The van der Waals surface area contributed by atoms with Crippen LogP contribution in [0, 0.1) is 10.1 Å². The number of halogens is 1. The molecule has 0 atom stereocenters. The Balaban J connectivity index is 2.38. The molecule has 3 N–H and O–H groups in total. The summed E-state index contributed by atoms with van der Waals surface area (Å²) < 4.78 is 0. The lowest BCUT2D eigenvalue weighted by atomic mass is 10.1. The second-order valence-electron chi connectivity index (χ2n) is 4.98. The molecule has 0 unspecified atom stereocenters. The molecule has 0 aromatic heterocycles. The van der Waals surface area contributed by atoms with Crippen LogP contribution in [0.25, 0.3) is 0 Å². The Bertz CT molecular complexity index is 575. The Hall–Kier alpha value is -1.86. The van der Waals surface area contributed by atoms with Crippen molar-refractivity contribution in [3.63, 3.8) is 0 Å². The van der Waals surface area contributed by atoms with Gasteiger partial charge in [0, 0.05) is 24.2 Å². The molecule has 114 valence electrons. The fraction of sp³-hybridized carbons (Fsp3) is 0.462. The number of benzene rings is 1. The molecular formula is C13H17ClN4O3. The first-order chi connectivity index (χ1) is 9.99. The molecule has 0 aliphatic heterocycles. The van der Waals surface area contributed by atoms with E-state index in [1.165, 1.54) is 12.1 Å². The zero-order valence-corrected chi connectivity index (χ0v) is 12.4. The topological polar surface area (TPSA) is 102 Å². The second kappa shape index (κ2) is 6.28. The van der Waals surface area contributed by atoms with Crippen molar-refractivity contribution < 1.29 is 9.72 Å². The van der Waals surface area contributed by atoms with Gasteiger partial charge in [-0.15, -0.1) is 0 Å². The lowest BCUT2D eigenvalue weighted by molar-refractivity contribution is -0.384. The number of hydrogen-bond donors (Lipinski definition) is 2. The predicted molar refractivity (Wildman–Crippen MR) is 80.3 cm³/mol. The van der Waals surface area contributed by atoms with Crippen LogP contribution < -0.4 is 11.3 Å². The number of nitro benzene ring substituents is 1. The maximum Gasteiger partial charge on any atom is 0.295 e. The van der Waals surface area contributed by atoms with Crippen LogP contribution in [0.2, 0.25) is 5.02 Å². The first-order valence-corrected chi connectivity index (χ1v) is 7.12. The molecule has 0 radical (unpaired) electrons. The van der Waals surface area contributed by atoms with Crippen molar-refractivity contribution in [3.05, 3.63) is 32.8 Å². The molecule has 21 heavy (non-hydrogen) atoms. The summed E-state index contributed by atoms with van der Waals surface area (Å²) in [7, 11) is 0. The van der Waals surface area contributed by atoms with Crippen molar-refractivity contribution in [2.45, 2.75) is 32.2 Å². The van der Waals surface area contributed by atoms with Gasteiger partial charge in [-0.05, 0) is 25.3 Å². The van der Waals surface area contributed by atoms with Gasteiger partial charge in [-0.25, -0.2) is 0 Å². The highest BCUT2D eigenvalue weighted by atomic mass is 35.5. The van der Waals surface area contributed by atoms with Gasteiger partial charge in [0.2, 0.25) is 0 Å². The Labute approximate surface area is 127 Å². The molecule has 1 aliphatic rings. The van der Waals surface area contributed by atoms with Crippen molar-refractivity contribution in [1.82, 2.24) is 4.90 Å². The number of nitro groups is 1. The molecule has 0 spiro atoms. The summed E-state index contributed by atoms with van der Waals surface area (Å²) in [6, 6.07) is 2.87. The Kier molecular flexibility index (Phi) is 4.64. The number of hydrazine groups is 1. The number of nitrogens with two attached hydrogens (primary N) is 1. The minimum atomic E-state index is -0.612. The van der Waals surface area contributed by atoms with E-state index in [0.29, 0.717) is 6.54 Å². The number of hydrogen-bond acceptors (Lipinski definition) is 5. The van der Waals surface area contributed by atoms with E-state index in [1.54, 1.807) is 4.90 Å². The fourth-order valence-corrected chi connectivity index (χ4v) is 2.51. The molecule has 2 rings (SSSR count). The number of carbonyl (C=O) groups excluding carboxylic acids is 1. The molecule has 8 heteroatoms. The highest BCUT2D eigenvalue weighted by Crippen LogP contribution is 2.35. The van der Waals surface area contributed by atoms with E-state index in [2.05, 4.69) is 5.43 Å². The highest BCUT2D eigenvalue weighted by molar-refractivity contribution is 6.34. The summed E-state index contributed by atoms with van der Waals surface area (Å²) in [5.74, 6) is 5.02. The van der Waals surface area contributed by atoms with E-state index in [1.807, 2.05) is 6.92 Å². The molecule has 1 aromatic rings. The van der Waals surface area contributed by atoms with Crippen molar-refractivity contribution in [2.24, 2.45) is 5.84 Å². The van der Waals surface area contributed by atoms with Crippen LogP contribution in [0.5, 0.6) is 0 Å². The van der Waals surface area contributed by atoms with Gasteiger partial charge in [-0.2, -0.15) is 0 Å². The van der Waals surface area contributed by atoms with Crippen LogP contribution in [-0.2, 0) is 0 Å². The molecule has 0 saturated heterocycles. The summed E-state index contributed by atoms with van der Waals surface area (Å²) in [5, 5.41) is 11.1. The summed E-state index contributed by atoms with van der Waals surface area (Å²) in [6.45, 7) is 2.62. The van der Waals surface area contributed by atoms with Crippen molar-refractivity contribution in [3.8, 4) is 0 Å². The summed E-state index contributed by atoms with van der Waals surface area (Å²) >= 11 is 5.98. The number of rotatable bonds is 6. The van der Waals surface area contributed by atoms with Crippen molar-refractivity contribution in [1.29, 1.82) is 0 Å². The second-order valence-corrected chi connectivity index (χ2v) is 5.39. The lowest BCUT2D eigenvalue weighted by Crippen LogP contribution is -2.33. The van der Waals surface area contributed by atoms with E-state index >= 15 is 0 Å². The Morgan fingerprint density at radius 1 is 1.57 bits per heavy atom. The zero-order valence-electron chi connectivity index (χ0n) is 11.6. The number of nitrogen functional groups attached to an aromatic ring is 1. The van der Waals surface area contributed by atoms with Gasteiger partial charge >= 0.3 is 0 Å². The van der Waals surface area contributed by atoms with Crippen molar-refractivity contribution >= 4 is 28.9 Å². The number of nitrogens with zero attached hydrogens (tertiary/aromatic N) is 2. The van der Waals surface area contributed by atoms with E-state index < -0.39 is 4.92 Å². The third-order valence-electron chi connectivity index (χ3n) is 3.37. The van der Waals surface area contributed by atoms with Crippen LogP contribution >= 0.6 is 11.6 Å². The number of nitrogens with one attached hydrogen (secondary N) is 1. The van der Waals surface area contributed by atoms with Gasteiger partial charge in [0.05, 0.1) is 9.95 Å². The van der Waals surface area contributed by atoms with E-state index in [4.69, 9.17) is 17.4 Å². The molecule has 1 aromatic carbocycles. The summed E-state index contributed by atoms with van der Waals surface area (Å²) in [5.41, 5.74) is 2.12. The molecule has 0 bridgehead atoms. The van der Waals surface area contributed by atoms with Crippen LogP contribution in [0.1, 0.15) is 36.5 Å². The van der Waals surface area contributed by atoms with Gasteiger partial charge in [0.25, 0.3) is 11.6 Å². The normalized spacial score (nSPS) is 13.9. The largest absolute Gasteiger partial charge is 0.336 e. The molecule has 1 aliphatic carbocycles. The maximum atomic E-state index is 12.5. The lowest BCUT2D eigenvalue weighted by Gasteiger charge is -2.22. The first-order valence-electron chi connectivity index (χ1n) is 6.75. The quantitative estimate of drug-likeness (QED) is 0.477. The smallest absolute Gasteiger partial charge is 0.295 e. The van der Waals surface area contributed by atoms with Gasteiger partial charge < -0.3 is 10.3 Å². The van der Waals surface area contributed by atoms with Crippen LogP contribution in [0.3, 0.4) is 0 Å². The minimum Gasteiger partial charge on any atom is -0.336 e. The average molecular weight is 313 g/mol. The molecule has 7 nitrogen and oxygen atoms in total. The van der Waals surface area contributed by atoms with Crippen LogP contribution in [0.15, 0.2) is 12.1 Å². The van der Waals surface area contributed by atoms with E-state index in [0.717, 1.165) is 19.3 Å². The maximum absolute atomic E-state index is 12.5. The Morgan fingerprint density at radius 3 is 2.71 bits per heavy atom. The third kappa shape index (κ3) is 3.25. The summed E-state index contributed by atoms with van der Waals surface area (Å²) in [6.07, 6.45) is 2.79. The third-order valence-corrected chi connectivity index (χ3v) is 3.67. The monoisotopic (exact) mass is 312 g/mol. The van der Waals surface area contributed by atoms with Gasteiger partial charge in [-0.1, -0.05) is 18.5 Å². The van der Waals surface area contributed by atoms with Gasteiger partial charge in [0.1, 0.15) is 5.69 Å². The zero-order chi connectivity index (χ0) is 15.6. The number of anilines is 1. The number of amides is 1. The highest BCUT2D eigenvalue weighted by Gasteiger charge is 2.33. The average Bonchev–Trinajstić information content (AvgIpc) is 3.27. The molecular weight excluding hydrogens is 296 g/mol. The Morgan fingerprint density at radius 2 is 2.24 bits per heavy atom. The molecule has 1 fully saturated rings. The SMILES string of the molecule is CCCN(C(=O)c1cc(Cl)c(NN)c([N+](=O)[O-])c1)C1CC1. The van der Waals surface area contributed by atoms with E-state index in [9.17, 15) is 14.9 Å². The standard InChI is InChI=1S/C13H17ClN4O3/c1-2-5-17(9-3-4-9)13(19)8-6-10(14)12(16-15)11(7-8)18(20)21/h6-7,9,16H,2-5,15H2,1H3. The minimum absolute atomic E-state index is 0.00619. The van der Waals surface area contributed by atoms with Crippen LogP contribution in [-0.4, -0.2) is 28.3 Å². The summed E-state index contributed by atoms with van der Waals surface area (Å²) in [4.78, 5) is 24.8.